The lowest BCUT2D eigenvalue weighted by Crippen LogP contribution is -2.26. The van der Waals surface area contributed by atoms with E-state index in [1.54, 1.807) is 24.3 Å². The molecule has 0 spiro atoms. The van der Waals surface area contributed by atoms with Crippen molar-refractivity contribution < 1.29 is 14.7 Å². The third-order valence-electron chi connectivity index (χ3n) is 3.19. The summed E-state index contributed by atoms with van der Waals surface area (Å²) in [5.74, 6) is -0.935. The molecule has 4 nitrogen and oxygen atoms in total. The number of aliphatic carboxylic acids is 1. The van der Waals surface area contributed by atoms with Crippen LogP contribution in [0.15, 0.2) is 54.6 Å². The smallest absolute Gasteiger partial charge is 0.304 e. The van der Waals surface area contributed by atoms with Gasteiger partial charge in [-0.25, -0.2) is 0 Å². The van der Waals surface area contributed by atoms with Crippen LogP contribution in [0.2, 0.25) is 0 Å². The molecule has 0 aliphatic carbocycles. The molecule has 4 heteroatoms. The number of carbonyl (C=O) groups is 2. The van der Waals surface area contributed by atoms with Crippen LogP contribution in [-0.2, 0) is 11.2 Å². The zero-order valence-corrected chi connectivity index (χ0v) is 11.5. The van der Waals surface area contributed by atoms with Crippen molar-refractivity contribution in [1.29, 1.82) is 0 Å². The van der Waals surface area contributed by atoms with E-state index in [0.717, 1.165) is 5.56 Å². The summed E-state index contributed by atoms with van der Waals surface area (Å²) < 4.78 is 0. The molecular formula is C17H17NO3. The summed E-state index contributed by atoms with van der Waals surface area (Å²) in [7, 11) is 0. The highest BCUT2D eigenvalue weighted by atomic mass is 16.4. The van der Waals surface area contributed by atoms with Gasteiger partial charge in [0.15, 0.2) is 5.78 Å². The Bertz CT molecular complexity index is 620. The van der Waals surface area contributed by atoms with Gasteiger partial charge in [0.1, 0.15) is 0 Å². The quantitative estimate of drug-likeness (QED) is 0.797. The van der Waals surface area contributed by atoms with Crippen molar-refractivity contribution in [1.82, 2.24) is 0 Å². The molecule has 0 aliphatic rings. The van der Waals surface area contributed by atoms with Gasteiger partial charge in [-0.3, -0.25) is 9.59 Å². The SMILES string of the molecule is N[C@H](CC(=O)O)Cc1ccc(C(=O)c2ccccc2)cc1. The van der Waals surface area contributed by atoms with Gasteiger partial charge >= 0.3 is 5.97 Å². The molecule has 2 rings (SSSR count). The maximum atomic E-state index is 12.2. The molecule has 3 N–H and O–H groups in total. The van der Waals surface area contributed by atoms with E-state index in [0.29, 0.717) is 17.5 Å². The number of rotatable bonds is 6. The minimum atomic E-state index is -0.904. The van der Waals surface area contributed by atoms with Gasteiger partial charge in [-0.15, -0.1) is 0 Å². The molecule has 0 unspecified atom stereocenters. The van der Waals surface area contributed by atoms with Crippen molar-refractivity contribution in [3.63, 3.8) is 0 Å². The number of benzene rings is 2. The van der Waals surface area contributed by atoms with Crippen molar-refractivity contribution in [3.05, 3.63) is 71.3 Å². The molecule has 0 amide bonds. The molecule has 0 saturated carbocycles. The predicted molar refractivity (Wildman–Crippen MR) is 80.2 cm³/mol. The summed E-state index contributed by atoms with van der Waals surface area (Å²) in [5.41, 5.74) is 7.93. The van der Waals surface area contributed by atoms with Crippen molar-refractivity contribution >= 4 is 11.8 Å². The van der Waals surface area contributed by atoms with E-state index in [9.17, 15) is 9.59 Å². The third-order valence-corrected chi connectivity index (χ3v) is 3.19. The Balaban J connectivity index is 2.05. The first-order valence-electron chi connectivity index (χ1n) is 6.72. The average Bonchev–Trinajstić information content (AvgIpc) is 2.47. The summed E-state index contributed by atoms with van der Waals surface area (Å²) in [6.07, 6.45) is 0.413. The zero-order valence-electron chi connectivity index (χ0n) is 11.5. The maximum absolute atomic E-state index is 12.2. The van der Waals surface area contributed by atoms with Gasteiger partial charge in [-0.2, -0.15) is 0 Å². The predicted octanol–water partition coefficient (Wildman–Crippen LogP) is 2.26. The number of hydrogen-bond acceptors (Lipinski definition) is 3. The van der Waals surface area contributed by atoms with E-state index in [1.165, 1.54) is 0 Å². The maximum Gasteiger partial charge on any atom is 0.304 e. The van der Waals surface area contributed by atoms with Crippen LogP contribution in [0.4, 0.5) is 0 Å². The van der Waals surface area contributed by atoms with Gasteiger partial charge in [0.2, 0.25) is 0 Å². The number of ketones is 1. The van der Waals surface area contributed by atoms with E-state index < -0.39 is 12.0 Å². The van der Waals surface area contributed by atoms with Crippen LogP contribution in [0.3, 0.4) is 0 Å². The lowest BCUT2D eigenvalue weighted by molar-refractivity contribution is -0.137. The number of carbonyl (C=O) groups excluding carboxylic acids is 1. The van der Waals surface area contributed by atoms with Crippen molar-refractivity contribution in [2.24, 2.45) is 5.73 Å². The Morgan fingerprint density at radius 3 is 2.10 bits per heavy atom. The number of carboxylic acid groups (broad SMARTS) is 1. The van der Waals surface area contributed by atoms with Crippen molar-refractivity contribution in [2.45, 2.75) is 18.9 Å². The van der Waals surface area contributed by atoms with Crippen LogP contribution in [-0.4, -0.2) is 22.9 Å². The lowest BCUT2D eigenvalue weighted by Gasteiger charge is -2.09. The van der Waals surface area contributed by atoms with Gasteiger partial charge < -0.3 is 10.8 Å². The van der Waals surface area contributed by atoms with Crippen LogP contribution in [0, 0.1) is 0 Å². The van der Waals surface area contributed by atoms with Crippen LogP contribution in [0.5, 0.6) is 0 Å². The molecule has 0 bridgehead atoms. The second-order valence-corrected chi connectivity index (χ2v) is 4.95. The Morgan fingerprint density at radius 2 is 1.52 bits per heavy atom. The molecular weight excluding hydrogens is 266 g/mol. The monoisotopic (exact) mass is 283 g/mol. The Hall–Kier alpha value is -2.46. The Labute approximate surface area is 123 Å². The molecule has 0 fully saturated rings. The molecule has 21 heavy (non-hydrogen) atoms. The second kappa shape index (κ2) is 6.81. The highest BCUT2D eigenvalue weighted by Crippen LogP contribution is 2.12. The topological polar surface area (TPSA) is 80.4 Å². The first-order valence-corrected chi connectivity index (χ1v) is 6.72. The number of hydrogen-bond donors (Lipinski definition) is 2. The fraction of sp³-hybridized carbons (Fsp3) is 0.176. The van der Waals surface area contributed by atoms with Crippen molar-refractivity contribution in [3.8, 4) is 0 Å². The molecule has 0 heterocycles. The van der Waals surface area contributed by atoms with E-state index in [4.69, 9.17) is 10.8 Å². The molecule has 0 radical (unpaired) electrons. The third kappa shape index (κ3) is 4.26. The van der Waals surface area contributed by atoms with Gasteiger partial charge in [-0.1, -0.05) is 54.6 Å². The highest BCUT2D eigenvalue weighted by molar-refractivity contribution is 6.08. The van der Waals surface area contributed by atoms with E-state index >= 15 is 0 Å². The average molecular weight is 283 g/mol. The summed E-state index contributed by atoms with van der Waals surface area (Å²) in [6.45, 7) is 0. The number of nitrogens with two attached hydrogens (primary N) is 1. The second-order valence-electron chi connectivity index (χ2n) is 4.95. The molecule has 2 aromatic carbocycles. The summed E-state index contributed by atoms with van der Waals surface area (Å²) in [6, 6.07) is 15.8. The van der Waals surface area contributed by atoms with Crippen LogP contribution >= 0.6 is 0 Å². The van der Waals surface area contributed by atoms with E-state index in [1.807, 2.05) is 30.3 Å². The minimum absolute atomic E-state index is 0.0306. The molecule has 0 saturated heterocycles. The van der Waals surface area contributed by atoms with E-state index in [2.05, 4.69) is 0 Å². The van der Waals surface area contributed by atoms with Gasteiger partial charge in [0.25, 0.3) is 0 Å². The molecule has 0 aromatic heterocycles. The molecule has 1 atom stereocenters. The normalized spacial score (nSPS) is 11.9. The molecule has 108 valence electrons. The highest BCUT2D eigenvalue weighted by Gasteiger charge is 2.11. The summed E-state index contributed by atoms with van der Waals surface area (Å²) >= 11 is 0. The first kappa shape index (κ1) is 14.9. The zero-order chi connectivity index (χ0) is 15.2. The standard InChI is InChI=1S/C17H17NO3/c18-15(11-16(19)20)10-12-6-8-14(9-7-12)17(21)13-4-2-1-3-5-13/h1-9,15H,10-11,18H2,(H,19,20)/t15-/m0/s1. The van der Waals surface area contributed by atoms with Gasteiger partial charge in [0.05, 0.1) is 6.42 Å². The minimum Gasteiger partial charge on any atom is -0.481 e. The van der Waals surface area contributed by atoms with Crippen LogP contribution in [0.1, 0.15) is 27.9 Å². The summed E-state index contributed by atoms with van der Waals surface area (Å²) in [5, 5.41) is 8.68. The fourth-order valence-corrected chi connectivity index (χ4v) is 2.15. The fourth-order valence-electron chi connectivity index (χ4n) is 2.15. The van der Waals surface area contributed by atoms with Crippen molar-refractivity contribution in [2.75, 3.05) is 0 Å². The molecule has 2 aromatic rings. The number of carboxylic acids is 1. The molecule has 0 aliphatic heterocycles. The van der Waals surface area contributed by atoms with Gasteiger partial charge in [0, 0.05) is 17.2 Å². The summed E-state index contributed by atoms with van der Waals surface area (Å²) in [4.78, 5) is 22.8. The Morgan fingerprint density at radius 1 is 0.952 bits per heavy atom. The van der Waals surface area contributed by atoms with E-state index in [-0.39, 0.29) is 12.2 Å². The van der Waals surface area contributed by atoms with Gasteiger partial charge in [-0.05, 0) is 12.0 Å². The van der Waals surface area contributed by atoms with Crippen LogP contribution < -0.4 is 5.73 Å². The largest absolute Gasteiger partial charge is 0.481 e. The lowest BCUT2D eigenvalue weighted by atomic mass is 9.99. The van der Waals surface area contributed by atoms with Crippen LogP contribution in [0.25, 0.3) is 0 Å². The first-order chi connectivity index (χ1) is 10.1. The Kier molecular flexibility index (Phi) is 4.85.